The smallest absolute Gasteiger partial charge is 0.431 e. The molecule has 7 rings (SSSR count). The number of benzene rings is 5. The number of aliphatic hydroxyl groups is 1. The fourth-order valence-corrected chi connectivity index (χ4v) is 7.10. The normalized spacial score (nSPS) is 18.4. The van der Waals surface area contributed by atoms with Crippen molar-refractivity contribution >= 4 is 38.5 Å². The monoisotopic (exact) mass is 675 g/mol. The van der Waals surface area contributed by atoms with Crippen molar-refractivity contribution < 1.29 is 24.1 Å². The van der Waals surface area contributed by atoms with E-state index in [0.717, 1.165) is 31.4 Å². The molecule has 1 aromatic heterocycles. The molecule has 6 aromatic rings. The maximum absolute atomic E-state index is 12.9. The van der Waals surface area contributed by atoms with Gasteiger partial charge in [0.15, 0.2) is 0 Å². The lowest BCUT2D eigenvalue weighted by molar-refractivity contribution is -0.0647. The molecule has 0 radical (unpaired) electrons. The van der Waals surface area contributed by atoms with E-state index >= 15 is 0 Å². The van der Waals surface area contributed by atoms with Gasteiger partial charge in [0.1, 0.15) is 25.0 Å². The van der Waals surface area contributed by atoms with Crippen LogP contribution in [0.15, 0.2) is 101 Å². The molecular weight excluding hydrogens is 634 g/mol. The summed E-state index contributed by atoms with van der Waals surface area (Å²) in [5.41, 5.74) is 1.42. The molecule has 4 atom stereocenters. The van der Waals surface area contributed by atoms with Gasteiger partial charge in [0, 0.05) is 24.7 Å². The second-order valence-electron chi connectivity index (χ2n) is 13.3. The maximum Gasteiger partial charge on any atom is 0.509 e. The Kier molecular flexibility index (Phi) is 9.67. The molecule has 0 bridgehead atoms. The molecule has 1 aliphatic heterocycles. The standard InChI is InChI=1S/C40H41N3O7/c1-25-22-43(39(46)41-38(25)45)35-21-32(44)34(49-35)24-48-40(47)50-33(27-10-4-3-5-11-27)23-42(2)20-7-6-9-26-14-15-30-17-16-28-12-8-13-29-18-19-31(26)37(30)36(28)29/h3-5,8,10-19,22,32-35,44H,6-7,9,20-21,23-24H2,1-2H3,(H,41,45,46)/t32-,33?,34+,35+/m0/s1. The van der Waals surface area contributed by atoms with Crippen LogP contribution in [0.5, 0.6) is 0 Å². The fourth-order valence-electron chi connectivity index (χ4n) is 7.10. The van der Waals surface area contributed by atoms with Gasteiger partial charge in [-0.3, -0.25) is 14.3 Å². The molecule has 0 saturated carbocycles. The molecule has 0 aliphatic carbocycles. The number of nitrogens with one attached hydrogen (secondary N) is 1. The average Bonchev–Trinajstić information content (AvgIpc) is 3.49. The van der Waals surface area contributed by atoms with Crippen LogP contribution in [0.4, 0.5) is 4.79 Å². The minimum Gasteiger partial charge on any atom is -0.431 e. The summed E-state index contributed by atoms with van der Waals surface area (Å²) in [6.45, 7) is 2.61. The second-order valence-corrected chi connectivity index (χ2v) is 13.3. The minimum atomic E-state index is -0.982. The summed E-state index contributed by atoms with van der Waals surface area (Å²) in [7, 11) is 2.02. The number of hydrogen-bond acceptors (Lipinski definition) is 8. The SMILES string of the molecule is Cc1cn([C@H]2C[C@H](O)[C@@H](COC(=O)OC(CN(C)CCCCc3ccc4ccc5cccc6ccc3c4c56)c3ccccc3)O2)c(=O)[nH]c1=O. The number of aliphatic hydroxyl groups excluding tert-OH is 1. The van der Waals surface area contributed by atoms with E-state index in [9.17, 15) is 19.5 Å². The van der Waals surface area contributed by atoms with Crippen LogP contribution in [-0.2, 0) is 20.6 Å². The molecule has 1 saturated heterocycles. The first-order valence-electron chi connectivity index (χ1n) is 17.1. The molecule has 2 heterocycles. The summed E-state index contributed by atoms with van der Waals surface area (Å²) in [6, 6.07) is 29.4. The first-order chi connectivity index (χ1) is 24.2. The summed E-state index contributed by atoms with van der Waals surface area (Å²) in [5, 5.41) is 18.4. The number of aromatic nitrogens is 2. The molecule has 0 amide bonds. The van der Waals surface area contributed by atoms with E-state index in [1.807, 2.05) is 37.4 Å². The molecule has 0 spiro atoms. The number of aryl methyl sites for hydroxylation is 2. The molecule has 1 unspecified atom stereocenters. The number of likely N-dealkylation sites (N-methyl/N-ethyl adjacent to an activating group) is 1. The van der Waals surface area contributed by atoms with Crippen molar-refractivity contribution in [2.45, 2.75) is 57.1 Å². The van der Waals surface area contributed by atoms with E-state index < -0.39 is 41.9 Å². The zero-order valence-electron chi connectivity index (χ0n) is 28.2. The Morgan fingerprint density at radius 2 is 1.68 bits per heavy atom. The summed E-state index contributed by atoms with van der Waals surface area (Å²) < 4.78 is 18.3. The Balaban J connectivity index is 0.933. The van der Waals surface area contributed by atoms with Crippen molar-refractivity contribution in [2.24, 2.45) is 0 Å². The van der Waals surface area contributed by atoms with Crippen molar-refractivity contribution in [2.75, 3.05) is 26.7 Å². The zero-order chi connectivity index (χ0) is 34.8. The molecule has 1 aliphatic rings. The van der Waals surface area contributed by atoms with Gasteiger partial charge >= 0.3 is 11.8 Å². The van der Waals surface area contributed by atoms with E-state index in [-0.39, 0.29) is 13.0 Å². The first-order valence-corrected chi connectivity index (χ1v) is 17.1. The van der Waals surface area contributed by atoms with Gasteiger partial charge in [0.2, 0.25) is 0 Å². The maximum atomic E-state index is 12.9. The van der Waals surface area contributed by atoms with Crippen molar-refractivity contribution in [1.29, 1.82) is 0 Å². The number of H-pyrrole nitrogens is 1. The van der Waals surface area contributed by atoms with Crippen LogP contribution in [0.25, 0.3) is 32.3 Å². The third-order valence-corrected chi connectivity index (χ3v) is 9.77. The first kappa shape index (κ1) is 33.5. The number of carbonyl (C=O) groups excluding carboxylic acids is 1. The molecule has 2 N–H and O–H groups in total. The number of rotatable bonds is 12. The minimum absolute atomic E-state index is 0.0998. The molecular formula is C40H41N3O7. The summed E-state index contributed by atoms with van der Waals surface area (Å²) in [6.07, 6.45) is 0.350. The molecule has 50 heavy (non-hydrogen) atoms. The predicted molar refractivity (Wildman–Crippen MR) is 193 cm³/mol. The van der Waals surface area contributed by atoms with Crippen LogP contribution in [0, 0.1) is 6.92 Å². The molecule has 10 heteroatoms. The third kappa shape index (κ3) is 7.00. The van der Waals surface area contributed by atoms with Crippen LogP contribution >= 0.6 is 0 Å². The summed E-state index contributed by atoms with van der Waals surface area (Å²) in [4.78, 5) is 41.4. The summed E-state index contributed by atoms with van der Waals surface area (Å²) in [5.74, 6) is 0. The molecule has 5 aromatic carbocycles. The lowest BCUT2D eigenvalue weighted by atomic mass is 9.90. The third-order valence-electron chi connectivity index (χ3n) is 9.77. The van der Waals surface area contributed by atoms with Gasteiger partial charge in [-0.05, 0) is 83.2 Å². The highest BCUT2D eigenvalue weighted by Gasteiger charge is 2.37. The van der Waals surface area contributed by atoms with Crippen LogP contribution in [0.1, 0.15) is 48.3 Å². The summed E-state index contributed by atoms with van der Waals surface area (Å²) >= 11 is 0. The number of unbranched alkanes of at least 4 members (excludes halogenated alkanes) is 1. The molecule has 10 nitrogen and oxygen atoms in total. The van der Waals surface area contributed by atoms with E-state index in [1.54, 1.807) is 6.92 Å². The van der Waals surface area contributed by atoms with Crippen LogP contribution in [0.2, 0.25) is 0 Å². The fraction of sp³-hybridized carbons (Fsp3) is 0.325. The topological polar surface area (TPSA) is 123 Å². The number of ether oxygens (including phenoxy) is 3. The van der Waals surface area contributed by atoms with Crippen LogP contribution in [-0.4, -0.2) is 64.7 Å². The van der Waals surface area contributed by atoms with Gasteiger partial charge in [-0.2, -0.15) is 0 Å². The van der Waals surface area contributed by atoms with Gasteiger partial charge in [-0.25, -0.2) is 9.59 Å². The van der Waals surface area contributed by atoms with Crippen LogP contribution < -0.4 is 11.2 Å². The quantitative estimate of drug-likeness (QED) is 0.0888. The lowest BCUT2D eigenvalue weighted by Crippen LogP contribution is -2.33. The van der Waals surface area contributed by atoms with Gasteiger partial charge in [-0.1, -0.05) is 84.9 Å². The Morgan fingerprint density at radius 1 is 0.960 bits per heavy atom. The molecule has 258 valence electrons. The average molecular weight is 676 g/mol. The van der Waals surface area contributed by atoms with Crippen molar-refractivity contribution in [3.05, 3.63) is 129 Å². The Morgan fingerprint density at radius 3 is 2.46 bits per heavy atom. The predicted octanol–water partition coefficient (Wildman–Crippen LogP) is 6.24. The van der Waals surface area contributed by atoms with Crippen molar-refractivity contribution in [3.8, 4) is 0 Å². The number of hydrogen-bond donors (Lipinski definition) is 2. The van der Waals surface area contributed by atoms with E-state index in [2.05, 4.69) is 64.5 Å². The van der Waals surface area contributed by atoms with Crippen molar-refractivity contribution in [1.82, 2.24) is 14.5 Å². The number of carbonyl (C=O) groups is 1. The van der Waals surface area contributed by atoms with Gasteiger partial charge in [0.25, 0.3) is 5.56 Å². The number of nitrogens with zero attached hydrogens (tertiary/aromatic N) is 2. The Labute approximate surface area is 289 Å². The zero-order valence-corrected chi connectivity index (χ0v) is 28.2. The van der Waals surface area contributed by atoms with Gasteiger partial charge < -0.3 is 24.2 Å². The number of aromatic amines is 1. The Bertz CT molecular complexity index is 2210. The lowest BCUT2D eigenvalue weighted by Gasteiger charge is -2.25. The largest absolute Gasteiger partial charge is 0.509 e. The van der Waals surface area contributed by atoms with Gasteiger partial charge in [-0.15, -0.1) is 0 Å². The van der Waals surface area contributed by atoms with Crippen molar-refractivity contribution in [3.63, 3.8) is 0 Å². The van der Waals surface area contributed by atoms with E-state index in [0.29, 0.717) is 12.1 Å². The van der Waals surface area contributed by atoms with E-state index in [4.69, 9.17) is 14.2 Å². The van der Waals surface area contributed by atoms with Gasteiger partial charge in [0.05, 0.1) is 6.10 Å². The Hall–Kier alpha value is -5.03. The molecule has 1 fully saturated rings. The van der Waals surface area contributed by atoms with Crippen LogP contribution in [0.3, 0.4) is 0 Å². The highest BCUT2D eigenvalue weighted by atomic mass is 16.7. The highest BCUT2D eigenvalue weighted by molar-refractivity contribution is 6.23. The van der Waals surface area contributed by atoms with E-state index in [1.165, 1.54) is 48.6 Å². The highest BCUT2D eigenvalue weighted by Crippen LogP contribution is 2.36. The second kappa shape index (κ2) is 14.4.